The summed E-state index contributed by atoms with van der Waals surface area (Å²) in [6.07, 6.45) is 4.38. The highest BCUT2D eigenvalue weighted by Gasteiger charge is 2.24. The number of carbonyl (C=O) groups is 1. The second kappa shape index (κ2) is 5.43. The minimum atomic E-state index is -3.95. The smallest absolute Gasteiger partial charge is 0.340 e. The Hall–Kier alpha value is -2.20. The van der Waals surface area contributed by atoms with Gasteiger partial charge in [0.2, 0.25) is 0 Å². The molecule has 0 atom stereocenters. The quantitative estimate of drug-likeness (QED) is 0.665. The van der Waals surface area contributed by atoms with Crippen molar-refractivity contribution in [2.24, 2.45) is 0 Å². The normalized spacial score (nSPS) is 11.7. The van der Waals surface area contributed by atoms with Crippen molar-refractivity contribution in [3.63, 3.8) is 0 Å². The molecule has 0 radical (unpaired) electrons. The first-order chi connectivity index (χ1) is 9.40. The first-order valence-corrected chi connectivity index (χ1v) is 7.14. The zero-order valence-electron chi connectivity index (χ0n) is 10.6. The number of nitrogens with zero attached hydrogens (tertiary/aromatic N) is 3. The molecule has 0 aromatic carbocycles. The van der Waals surface area contributed by atoms with Crippen molar-refractivity contribution in [2.75, 3.05) is 6.54 Å². The molecular weight excluding hydrogens is 286 g/mol. The molecule has 3 N–H and O–H groups in total. The number of aromatic amines is 1. The van der Waals surface area contributed by atoms with E-state index in [4.69, 9.17) is 5.11 Å². The summed E-state index contributed by atoms with van der Waals surface area (Å²) >= 11 is 0. The van der Waals surface area contributed by atoms with E-state index in [0.717, 1.165) is 11.8 Å². The fourth-order valence-corrected chi connectivity index (χ4v) is 2.69. The van der Waals surface area contributed by atoms with Crippen molar-refractivity contribution in [1.82, 2.24) is 24.7 Å². The van der Waals surface area contributed by atoms with E-state index in [-0.39, 0.29) is 6.54 Å². The van der Waals surface area contributed by atoms with Crippen LogP contribution in [0.2, 0.25) is 0 Å². The monoisotopic (exact) mass is 299 g/mol. The van der Waals surface area contributed by atoms with Crippen molar-refractivity contribution in [2.45, 2.75) is 18.5 Å². The minimum absolute atomic E-state index is 0.0849. The molecule has 0 spiro atoms. The molecule has 10 heteroatoms. The number of carboxylic acids is 1. The molecular formula is C10H13N5O4S. The van der Waals surface area contributed by atoms with Gasteiger partial charge in [-0.1, -0.05) is 0 Å². The number of sulfonamides is 1. The highest BCUT2D eigenvalue weighted by molar-refractivity contribution is 7.89. The summed E-state index contributed by atoms with van der Waals surface area (Å²) in [4.78, 5) is 10.9. The highest BCUT2D eigenvalue weighted by Crippen LogP contribution is 2.11. The Balaban J connectivity index is 2.04. The van der Waals surface area contributed by atoms with Crippen LogP contribution in [0.5, 0.6) is 0 Å². The van der Waals surface area contributed by atoms with E-state index in [0.29, 0.717) is 6.54 Å². The number of aromatic nitrogens is 4. The Morgan fingerprint density at radius 1 is 1.50 bits per heavy atom. The number of carboxylic acid groups (broad SMARTS) is 1. The van der Waals surface area contributed by atoms with E-state index in [9.17, 15) is 13.2 Å². The summed E-state index contributed by atoms with van der Waals surface area (Å²) < 4.78 is 27.8. The molecule has 108 valence electrons. The number of hydrogen-bond donors (Lipinski definition) is 3. The number of aromatic carboxylic acids is 1. The van der Waals surface area contributed by atoms with Gasteiger partial charge in [-0.05, 0) is 12.5 Å². The maximum atomic E-state index is 11.9. The SMILES string of the molecule is Cc1cnn(CCNS(=O)(=O)c2[nH]ncc2C(=O)O)c1. The topological polar surface area (TPSA) is 130 Å². The second-order valence-corrected chi connectivity index (χ2v) is 5.80. The molecule has 0 saturated carbocycles. The summed E-state index contributed by atoms with van der Waals surface area (Å²) in [5, 5.41) is 18.0. The predicted molar refractivity (Wildman–Crippen MR) is 67.7 cm³/mol. The fraction of sp³-hybridized carbons (Fsp3) is 0.300. The Morgan fingerprint density at radius 2 is 2.25 bits per heavy atom. The summed E-state index contributed by atoms with van der Waals surface area (Å²) in [7, 11) is -3.95. The van der Waals surface area contributed by atoms with Gasteiger partial charge in [0.15, 0.2) is 5.03 Å². The molecule has 2 heterocycles. The summed E-state index contributed by atoms with van der Waals surface area (Å²) in [6.45, 7) is 2.29. The number of rotatable bonds is 6. The summed E-state index contributed by atoms with van der Waals surface area (Å²) in [5.74, 6) is -1.36. The average Bonchev–Trinajstić information content (AvgIpc) is 2.97. The molecule has 0 fully saturated rings. The lowest BCUT2D eigenvalue weighted by molar-refractivity contribution is 0.0692. The lowest BCUT2D eigenvalue weighted by Gasteiger charge is -2.05. The molecule has 0 aliphatic carbocycles. The first kappa shape index (κ1) is 14.2. The van der Waals surface area contributed by atoms with Gasteiger partial charge in [-0.25, -0.2) is 17.9 Å². The van der Waals surface area contributed by atoms with Gasteiger partial charge in [-0.2, -0.15) is 10.2 Å². The molecule has 0 unspecified atom stereocenters. The van der Waals surface area contributed by atoms with Crippen LogP contribution in [-0.4, -0.2) is 46.0 Å². The van der Waals surface area contributed by atoms with Crippen LogP contribution in [0.15, 0.2) is 23.6 Å². The summed E-state index contributed by atoms with van der Waals surface area (Å²) in [6, 6.07) is 0. The van der Waals surface area contributed by atoms with E-state index >= 15 is 0 Å². The van der Waals surface area contributed by atoms with E-state index < -0.39 is 26.6 Å². The van der Waals surface area contributed by atoms with Crippen LogP contribution in [0, 0.1) is 6.92 Å². The predicted octanol–water partition coefficient (Wildman–Crippen LogP) is -0.409. The maximum absolute atomic E-state index is 11.9. The molecule has 0 saturated heterocycles. The Kier molecular flexibility index (Phi) is 3.86. The average molecular weight is 299 g/mol. The Bertz CT molecular complexity index is 718. The van der Waals surface area contributed by atoms with Crippen LogP contribution in [0.25, 0.3) is 0 Å². The van der Waals surface area contributed by atoms with Crippen LogP contribution in [-0.2, 0) is 16.6 Å². The number of aryl methyl sites for hydroxylation is 1. The molecule has 20 heavy (non-hydrogen) atoms. The molecule has 2 aromatic rings. The fourth-order valence-electron chi connectivity index (χ4n) is 1.59. The van der Waals surface area contributed by atoms with Crippen LogP contribution in [0.3, 0.4) is 0 Å². The summed E-state index contributed by atoms with van der Waals surface area (Å²) in [5.41, 5.74) is 0.571. The molecule has 2 rings (SSSR count). The Labute approximate surface area is 114 Å². The zero-order chi connectivity index (χ0) is 14.8. The van der Waals surface area contributed by atoms with Crippen molar-refractivity contribution in [1.29, 1.82) is 0 Å². The van der Waals surface area contributed by atoms with Gasteiger partial charge in [0.05, 0.1) is 18.9 Å². The second-order valence-electron chi connectivity index (χ2n) is 4.10. The third-order valence-corrected chi connectivity index (χ3v) is 3.93. The molecule has 9 nitrogen and oxygen atoms in total. The molecule has 0 aliphatic rings. The van der Waals surface area contributed by atoms with Gasteiger partial charge in [0, 0.05) is 12.7 Å². The third-order valence-electron chi connectivity index (χ3n) is 2.50. The maximum Gasteiger partial charge on any atom is 0.340 e. The van der Waals surface area contributed by atoms with Gasteiger partial charge in [0.1, 0.15) is 5.56 Å². The van der Waals surface area contributed by atoms with Gasteiger partial charge >= 0.3 is 5.97 Å². The lowest BCUT2D eigenvalue weighted by atomic mass is 10.4. The lowest BCUT2D eigenvalue weighted by Crippen LogP contribution is -2.29. The number of hydrogen-bond acceptors (Lipinski definition) is 5. The molecule has 2 aromatic heterocycles. The minimum Gasteiger partial charge on any atom is -0.478 e. The van der Waals surface area contributed by atoms with Crippen molar-refractivity contribution >= 4 is 16.0 Å². The molecule has 0 aliphatic heterocycles. The van der Waals surface area contributed by atoms with E-state index in [1.165, 1.54) is 0 Å². The van der Waals surface area contributed by atoms with E-state index in [1.807, 2.05) is 6.92 Å². The van der Waals surface area contributed by atoms with Gasteiger partial charge in [-0.15, -0.1) is 0 Å². The van der Waals surface area contributed by atoms with E-state index in [2.05, 4.69) is 20.0 Å². The number of H-pyrrole nitrogens is 1. The Morgan fingerprint density at radius 3 is 2.85 bits per heavy atom. The van der Waals surface area contributed by atoms with Crippen LogP contribution >= 0.6 is 0 Å². The van der Waals surface area contributed by atoms with Gasteiger partial charge in [0.25, 0.3) is 10.0 Å². The van der Waals surface area contributed by atoms with Gasteiger partial charge in [-0.3, -0.25) is 9.78 Å². The van der Waals surface area contributed by atoms with Crippen molar-refractivity contribution < 1.29 is 18.3 Å². The zero-order valence-corrected chi connectivity index (χ0v) is 11.4. The first-order valence-electron chi connectivity index (χ1n) is 5.65. The van der Waals surface area contributed by atoms with Crippen LogP contribution in [0.1, 0.15) is 15.9 Å². The third kappa shape index (κ3) is 3.03. The van der Waals surface area contributed by atoms with Crippen molar-refractivity contribution in [3.8, 4) is 0 Å². The van der Waals surface area contributed by atoms with Crippen LogP contribution in [0.4, 0.5) is 0 Å². The largest absolute Gasteiger partial charge is 0.478 e. The van der Waals surface area contributed by atoms with Gasteiger partial charge < -0.3 is 5.11 Å². The molecule has 0 amide bonds. The van der Waals surface area contributed by atoms with E-state index in [1.54, 1.807) is 17.1 Å². The number of nitrogens with one attached hydrogen (secondary N) is 2. The van der Waals surface area contributed by atoms with Crippen LogP contribution < -0.4 is 4.72 Å². The molecule has 0 bridgehead atoms. The van der Waals surface area contributed by atoms with Crippen molar-refractivity contribution in [3.05, 3.63) is 29.7 Å². The highest BCUT2D eigenvalue weighted by atomic mass is 32.2. The standard InChI is InChI=1S/C10H13N5O4S/c1-7-4-12-15(6-7)3-2-13-20(18,19)9-8(10(16)17)5-11-14-9/h4-6,13H,2-3H2,1H3,(H,11,14)(H,16,17).